The molecule has 0 atom stereocenters. The van der Waals surface area contributed by atoms with Crippen LogP contribution >= 0.6 is 0 Å². The summed E-state index contributed by atoms with van der Waals surface area (Å²) < 4.78 is 4.89. The van der Waals surface area contributed by atoms with Crippen LogP contribution in [-0.2, 0) is 26.6 Å². The van der Waals surface area contributed by atoms with Crippen molar-refractivity contribution in [3.05, 3.63) is 56.7 Å². The Labute approximate surface area is 163 Å². The maximum Gasteiger partial charge on any atom is 0.332 e. The SMILES string of the molecule is CCCCn1c(=O)c2c(nc3n2CCCN3CCc2ccccc2)n(C)c1=O. The topological polar surface area (TPSA) is 65.1 Å². The van der Waals surface area contributed by atoms with E-state index in [9.17, 15) is 9.59 Å². The van der Waals surface area contributed by atoms with Crippen LogP contribution < -0.4 is 16.1 Å². The Morgan fingerprint density at radius 2 is 1.86 bits per heavy atom. The molecule has 3 aromatic rings. The summed E-state index contributed by atoms with van der Waals surface area (Å²) in [6.07, 6.45) is 3.63. The Bertz CT molecular complexity index is 1090. The second-order valence-electron chi connectivity index (χ2n) is 7.46. The molecule has 4 rings (SSSR count). The minimum absolute atomic E-state index is 0.213. The number of imidazole rings is 1. The lowest BCUT2D eigenvalue weighted by molar-refractivity contribution is 0.551. The van der Waals surface area contributed by atoms with Crippen molar-refractivity contribution in [2.75, 3.05) is 18.0 Å². The quantitative estimate of drug-likeness (QED) is 0.656. The van der Waals surface area contributed by atoms with Crippen LogP contribution in [0.3, 0.4) is 0 Å². The molecule has 0 saturated heterocycles. The largest absolute Gasteiger partial charge is 0.342 e. The maximum atomic E-state index is 13.1. The molecule has 7 nitrogen and oxygen atoms in total. The number of benzene rings is 1. The zero-order chi connectivity index (χ0) is 19.7. The second-order valence-corrected chi connectivity index (χ2v) is 7.46. The Morgan fingerprint density at radius 1 is 1.07 bits per heavy atom. The summed E-state index contributed by atoms with van der Waals surface area (Å²) >= 11 is 0. The summed E-state index contributed by atoms with van der Waals surface area (Å²) in [6.45, 7) is 5.02. The number of aryl methyl sites for hydroxylation is 2. The molecule has 3 heterocycles. The van der Waals surface area contributed by atoms with Crippen LogP contribution in [0.25, 0.3) is 11.2 Å². The van der Waals surface area contributed by atoms with Gasteiger partial charge in [-0.15, -0.1) is 0 Å². The van der Waals surface area contributed by atoms with Gasteiger partial charge in [0.2, 0.25) is 5.95 Å². The molecule has 2 aromatic heterocycles. The van der Waals surface area contributed by atoms with E-state index in [1.807, 2.05) is 10.6 Å². The fourth-order valence-corrected chi connectivity index (χ4v) is 3.97. The highest BCUT2D eigenvalue weighted by Crippen LogP contribution is 2.24. The molecular formula is C21H27N5O2. The van der Waals surface area contributed by atoms with Gasteiger partial charge in [0.1, 0.15) is 0 Å². The van der Waals surface area contributed by atoms with Gasteiger partial charge in [0, 0.05) is 33.2 Å². The van der Waals surface area contributed by atoms with Crippen molar-refractivity contribution in [3.63, 3.8) is 0 Å². The van der Waals surface area contributed by atoms with Crippen molar-refractivity contribution >= 4 is 17.1 Å². The van der Waals surface area contributed by atoms with E-state index in [0.29, 0.717) is 17.7 Å². The molecule has 0 aliphatic carbocycles. The molecule has 1 aliphatic rings. The molecule has 28 heavy (non-hydrogen) atoms. The van der Waals surface area contributed by atoms with Crippen LogP contribution in [0.4, 0.5) is 5.95 Å². The van der Waals surface area contributed by atoms with Gasteiger partial charge in [0.15, 0.2) is 11.2 Å². The van der Waals surface area contributed by atoms with Crippen molar-refractivity contribution < 1.29 is 0 Å². The minimum atomic E-state index is -0.280. The molecule has 0 unspecified atom stereocenters. The first-order valence-corrected chi connectivity index (χ1v) is 10.1. The molecule has 1 aliphatic heterocycles. The van der Waals surface area contributed by atoms with Crippen molar-refractivity contribution in [3.8, 4) is 0 Å². The van der Waals surface area contributed by atoms with E-state index in [1.54, 1.807) is 7.05 Å². The molecule has 0 radical (unpaired) electrons. The average molecular weight is 381 g/mol. The molecule has 7 heteroatoms. The van der Waals surface area contributed by atoms with Gasteiger partial charge in [-0.3, -0.25) is 13.9 Å². The van der Waals surface area contributed by atoms with E-state index in [1.165, 1.54) is 14.7 Å². The van der Waals surface area contributed by atoms with Crippen LogP contribution in [0.15, 0.2) is 39.9 Å². The van der Waals surface area contributed by atoms with Crippen LogP contribution in [0, 0.1) is 0 Å². The zero-order valence-corrected chi connectivity index (χ0v) is 16.6. The van der Waals surface area contributed by atoms with Gasteiger partial charge in [-0.1, -0.05) is 43.7 Å². The van der Waals surface area contributed by atoms with Crippen molar-refractivity contribution in [2.24, 2.45) is 7.05 Å². The molecule has 0 saturated carbocycles. The highest BCUT2D eigenvalue weighted by molar-refractivity contribution is 5.74. The first kappa shape index (κ1) is 18.5. The predicted octanol–water partition coefficient (Wildman–Crippen LogP) is 2.15. The molecule has 0 amide bonds. The molecule has 1 aromatic carbocycles. The molecule has 148 valence electrons. The maximum absolute atomic E-state index is 13.1. The Hall–Kier alpha value is -2.83. The summed E-state index contributed by atoms with van der Waals surface area (Å²) in [5, 5.41) is 0. The van der Waals surface area contributed by atoms with E-state index in [2.05, 4.69) is 36.1 Å². The Morgan fingerprint density at radius 3 is 2.61 bits per heavy atom. The third-order valence-electron chi connectivity index (χ3n) is 5.55. The highest BCUT2D eigenvalue weighted by atomic mass is 16.2. The van der Waals surface area contributed by atoms with Gasteiger partial charge in [0.05, 0.1) is 0 Å². The fraction of sp³-hybridized carbons (Fsp3) is 0.476. The molecular weight excluding hydrogens is 354 g/mol. The lowest BCUT2D eigenvalue weighted by Crippen LogP contribution is -2.40. The van der Waals surface area contributed by atoms with Crippen molar-refractivity contribution in [1.29, 1.82) is 0 Å². The highest BCUT2D eigenvalue weighted by Gasteiger charge is 2.25. The lowest BCUT2D eigenvalue weighted by atomic mass is 10.1. The Balaban J connectivity index is 1.75. The third kappa shape index (κ3) is 3.15. The first-order valence-electron chi connectivity index (χ1n) is 10.1. The number of hydrogen-bond acceptors (Lipinski definition) is 4. The minimum Gasteiger partial charge on any atom is -0.342 e. The Kier molecular flexibility index (Phi) is 5.07. The number of unbranched alkanes of at least 4 members (excludes halogenated alkanes) is 1. The van der Waals surface area contributed by atoms with Gasteiger partial charge in [-0.25, -0.2) is 4.79 Å². The second kappa shape index (κ2) is 7.66. The molecule has 0 spiro atoms. The zero-order valence-electron chi connectivity index (χ0n) is 16.6. The summed E-state index contributed by atoms with van der Waals surface area (Å²) in [6, 6.07) is 10.4. The van der Waals surface area contributed by atoms with Gasteiger partial charge < -0.3 is 9.47 Å². The van der Waals surface area contributed by atoms with Crippen LogP contribution in [0.1, 0.15) is 31.7 Å². The van der Waals surface area contributed by atoms with Gasteiger partial charge >= 0.3 is 5.69 Å². The molecule has 0 N–H and O–H groups in total. The smallest absolute Gasteiger partial charge is 0.332 e. The van der Waals surface area contributed by atoms with Crippen LogP contribution in [-0.4, -0.2) is 31.8 Å². The fourth-order valence-electron chi connectivity index (χ4n) is 3.97. The number of aromatic nitrogens is 4. The van der Waals surface area contributed by atoms with E-state index < -0.39 is 0 Å². The number of anilines is 1. The predicted molar refractivity (Wildman–Crippen MR) is 111 cm³/mol. The molecule has 0 fully saturated rings. The van der Waals surface area contributed by atoms with E-state index in [-0.39, 0.29) is 11.2 Å². The number of rotatable bonds is 6. The van der Waals surface area contributed by atoms with Crippen molar-refractivity contribution in [1.82, 2.24) is 18.7 Å². The summed E-state index contributed by atoms with van der Waals surface area (Å²) in [7, 11) is 1.71. The third-order valence-corrected chi connectivity index (χ3v) is 5.55. The van der Waals surface area contributed by atoms with E-state index in [4.69, 9.17) is 4.98 Å². The number of hydrogen-bond donors (Lipinski definition) is 0. The van der Waals surface area contributed by atoms with E-state index in [0.717, 1.165) is 51.3 Å². The van der Waals surface area contributed by atoms with Gasteiger partial charge in [0.25, 0.3) is 5.56 Å². The lowest BCUT2D eigenvalue weighted by Gasteiger charge is -2.29. The average Bonchev–Trinajstić information content (AvgIpc) is 3.12. The van der Waals surface area contributed by atoms with E-state index >= 15 is 0 Å². The van der Waals surface area contributed by atoms with Gasteiger partial charge in [-0.2, -0.15) is 4.98 Å². The van der Waals surface area contributed by atoms with Gasteiger partial charge in [-0.05, 0) is 24.8 Å². The van der Waals surface area contributed by atoms with Crippen LogP contribution in [0.5, 0.6) is 0 Å². The van der Waals surface area contributed by atoms with Crippen molar-refractivity contribution in [2.45, 2.75) is 45.7 Å². The molecule has 0 bridgehead atoms. The number of nitrogens with zero attached hydrogens (tertiary/aromatic N) is 5. The van der Waals surface area contributed by atoms with Crippen LogP contribution in [0.2, 0.25) is 0 Å². The summed E-state index contributed by atoms with van der Waals surface area (Å²) in [5.41, 5.74) is 1.83. The monoisotopic (exact) mass is 381 g/mol. The standard InChI is InChI=1S/C21H27N5O2/c1-3-4-13-26-19(27)17-18(23(2)21(26)28)22-20-24(12-8-14-25(17)20)15-11-16-9-6-5-7-10-16/h5-7,9-10H,3-4,8,11-15H2,1-2H3. The normalized spacial score (nSPS) is 13.9. The number of fused-ring (bicyclic) bond motifs is 3. The first-order chi connectivity index (χ1) is 13.6. The summed E-state index contributed by atoms with van der Waals surface area (Å²) in [4.78, 5) is 32.7. The summed E-state index contributed by atoms with van der Waals surface area (Å²) in [5.74, 6) is 0.803.